The number of rotatable bonds is 6. The van der Waals surface area contributed by atoms with Crippen molar-refractivity contribution >= 4 is 23.5 Å². The van der Waals surface area contributed by atoms with Crippen molar-refractivity contribution in [2.45, 2.75) is 19.4 Å². The molecule has 0 aliphatic carbocycles. The number of halogens is 1. The number of anilines is 1. The number of hydrazine groups is 1. The van der Waals surface area contributed by atoms with Gasteiger partial charge in [0.15, 0.2) is 11.6 Å². The number of pyridine rings is 1. The molecule has 1 atom stereocenters. The quantitative estimate of drug-likeness (QED) is 0.615. The average molecular weight is 286 g/mol. The molecule has 0 aliphatic heterocycles. The topological polar surface area (TPSA) is 71.2 Å². The van der Waals surface area contributed by atoms with E-state index in [1.165, 1.54) is 17.2 Å². The molecule has 0 bridgehead atoms. The molecule has 0 fully saturated rings. The van der Waals surface area contributed by atoms with Gasteiger partial charge in [-0.15, -0.1) is 0 Å². The monoisotopic (exact) mass is 286 g/mol. The van der Waals surface area contributed by atoms with Crippen molar-refractivity contribution in [3.8, 4) is 0 Å². The highest BCUT2D eigenvalue weighted by atomic mass is 32.2. The Kier molecular flexibility index (Phi) is 6.04. The molecule has 1 amide bonds. The first-order chi connectivity index (χ1) is 9.02. The molecule has 1 unspecified atom stereocenters. The Labute approximate surface area is 116 Å². The van der Waals surface area contributed by atoms with Crippen LogP contribution in [0.2, 0.25) is 0 Å². The molecular formula is C12H19FN4OS. The first-order valence-corrected chi connectivity index (χ1v) is 7.29. The first kappa shape index (κ1) is 15.7. The average Bonchev–Trinajstić information content (AvgIpc) is 2.43. The van der Waals surface area contributed by atoms with Gasteiger partial charge in [0, 0.05) is 19.3 Å². The number of thioether (sulfide) groups is 1. The summed E-state index contributed by atoms with van der Waals surface area (Å²) in [5, 5.41) is 0. The van der Waals surface area contributed by atoms with Gasteiger partial charge in [0.1, 0.15) is 0 Å². The van der Waals surface area contributed by atoms with E-state index >= 15 is 0 Å². The van der Waals surface area contributed by atoms with Crippen LogP contribution in [-0.4, -0.2) is 40.9 Å². The lowest BCUT2D eigenvalue weighted by atomic mass is 10.1. The fraction of sp³-hybridized carbons (Fsp3) is 0.500. The Balaban J connectivity index is 2.88. The van der Waals surface area contributed by atoms with Crippen molar-refractivity contribution in [2.75, 3.05) is 24.5 Å². The summed E-state index contributed by atoms with van der Waals surface area (Å²) in [5.74, 6) is 4.87. The van der Waals surface area contributed by atoms with Crippen LogP contribution < -0.4 is 11.3 Å². The second-order valence-electron chi connectivity index (χ2n) is 4.21. The number of nitrogens with two attached hydrogens (primary N) is 1. The molecule has 0 saturated carbocycles. The fourth-order valence-electron chi connectivity index (χ4n) is 1.58. The number of carbonyl (C=O) groups is 1. The molecule has 0 radical (unpaired) electrons. The van der Waals surface area contributed by atoms with E-state index in [4.69, 9.17) is 5.84 Å². The summed E-state index contributed by atoms with van der Waals surface area (Å²) < 4.78 is 13.9. The van der Waals surface area contributed by atoms with Gasteiger partial charge < -0.3 is 10.3 Å². The molecule has 0 aromatic carbocycles. The highest BCUT2D eigenvalue weighted by Crippen LogP contribution is 2.17. The summed E-state index contributed by atoms with van der Waals surface area (Å²) in [4.78, 5) is 17.5. The van der Waals surface area contributed by atoms with Crippen LogP contribution in [0.4, 0.5) is 10.2 Å². The smallest absolute Gasteiger partial charge is 0.257 e. The summed E-state index contributed by atoms with van der Waals surface area (Å²) in [6.45, 7) is 1.94. The van der Waals surface area contributed by atoms with Crippen molar-refractivity contribution in [1.82, 2.24) is 9.88 Å². The number of amides is 1. The van der Waals surface area contributed by atoms with Gasteiger partial charge >= 0.3 is 0 Å². The van der Waals surface area contributed by atoms with Gasteiger partial charge in [-0.05, 0) is 31.4 Å². The van der Waals surface area contributed by atoms with Gasteiger partial charge in [-0.3, -0.25) is 4.79 Å². The highest BCUT2D eigenvalue weighted by molar-refractivity contribution is 7.98. The summed E-state index contributed by atoms with van der Waals surface area (Å²) in [7, 11) is 1.67. The minimum atomic E-state index is -0.723. The van der Waals surface area contributed by atoms with Gasteiger partial charge in [0.05, 0.1) is 5.56 Å². The van der Waals surface area contributed by atoms with E-state index in [2.05, 4.69) is 10.4 Å². The molecule has 1 heterocycles. The Morgan fingerprint density at radius 2 is 2.37 bits per heavy atom. The lowest BCUT2D eigenvalue weighted by Gasteiger charge is -2.25. The standard InChI is InChI=1S/C12H19FN4OS/c1-8(5-7-19-3)17(2)12(18)9-4-6-15-11(16-14)10(9)13/h4,6,8H,5,7,14H2,1-3H3,(H,15,16). The zero-order valence-corrected chi connectivity index (χ0v) is 12.1. The number of nitrogens with one attached hydrogen (secondary N) is 1. The molecule has 1 aromatic rings. The number of hydrogen-bond donors (Lipinski definition) is 2. The Hall–Kier alpha value is -1.34. The number of nitrogens with zero attached hydrogens (tertiary/aromatic N) is 2. The van der Waals surface area contributed by atoms with Crippen LogP contribution in [0.3, 0.4) is 0 Å². The zero-order chi connectivity index (χ0) is 14.4. The predicted molar refractivity (Wildman–Crippen MR) is 76.6 cm³/mol. The molecule has 19 heavy (non-hydrogen) atoms. The van der Waals surface area contributed by atoms with Crippen LogP contribution in [0.15, 0.2) is 12.3 Å². The van der Waals surface area contributed by atoms with E-state index in [1.807, 2.05) is 13.2 Å². The number of hydrogen-bond acceptors (Lipinski definition) is 5. The maximum Gasteiger partial charge on any atom is 0.257 e. The minimum Gasteiger partial charge on any atom is -0.339 e. The normalized spacial score (nSPS) is 12.1. The Morgan fingerprint density at radius 1 is 1.68 bits per heavy atom. The second kappa shape index (κ2) is 7.30. The van der Waals surface area contributed by atoms with E-state index in [0.29, 0.717) is 0 Å². The van der Waals surface area contributed by atoms with E-state index in [9.17, 15) is 9.18 Å². The minimum absolute atomic E-state index is 0.0264. The third-order valence-corrected chi connectivity index (χ3v) is 3.62. The number of aromatic nitrogens is 1. The van der Waals surface area contributed by atoms with Gasteiger partial charge in [-0.25, -0.2) is 15.2 Å². The Morgan fingerprint density at radius 3 is 2.95 bits per heavy atom. The van der Waals surface area contributed by atoms with Crippen molar-refractivity contribution in [3.63, 3.8) is 0 Å². The molecule has 0 spiro atoms. The van der Waals surface area contributed by atoms with Crippen LogP contribution in [0.25, 0.3) is 0 Å². The first-order valence-electron chi connectivity index (χ1n) is 5.90. The molecule has 106 valence electrons. The summed E-state index contributed by atoms with van der Waals surface area (Å²) >= 11 is 1.72. The summed E-state index contributed by atoms with van der Waals surface area (Å²) in [6, 6.07) is 1.40. The van der Waals surface area contributed by atoms with Crippen LogP contribution in [0.5, 0.6) is 0 Å². The van der Waals surface area contributed by atoms with Gasteiger partial charge in [0.2, 0.25) is 0 Å². The van der Waals surface area contributed by atoms with Crippen molar-refractivity contribution < 1.29 is 9.18 Å². The number of carbonyl (C=O) groups excluding carboxylic acids is 1. The Bertz CT molecular complexity index is 444. The molecule has 0 aliphatic rings. The zero-order valence-electron chi connectivity index (χ0n) is 11.3. The van der Waals surface area contributed by atoms with Gasteiger partial charge in [-0.2, -0.15) is 11.8 Å². The van der Waals surface area contributed by atoms with Crippen molar-refractivity contribution in [3.05, 3.63) is 23.6 Å². The summed E-state index contributed by atoms with van der Waals surface area (Å²) in [5.41, 5.74) is 2.11. The van der Waals surface area contributed by atoms with Crippen LogP contribution >= 0.6 is 11.8 Å². The third-order valence-electron chi connectivity index (χ3n) is 2.98. The molecule has 1 rings (SSSR count). The fourth-order valence-corrected chi connectivity index (χ4v) is 2.16. The van der Waals surface area contributed by atoms with E-state index in [0.717, 1.165) is 12.2 Å². The van der Waals surface area contributed by atoms with Crippen LogP contribution in [0, 0.1) is 5.82 Å². The number of nitrogen functional groups attached to an aromatic ring is 1. The van der Waals surface area contributed by atoms with Crippen molar-refractivity contribution in [1.29, 1.82) is 0 Å². The van der Waals surface area contributed by atoms with E-state index < -0.39 is 5.82 Å². The molecule has 3 N–H and O–H groups in total. The van der Waals surface area contributed by atoms with Crippen LogP contribution in [0.1, 0.15) is 23.7 Å². The highest BCUT2D eigenvalue weighted by Gasteiger charge is 2.22. The summed E-state index contributed by atoms with van der Waals surface area (Å²) in [6.07, 6.45) is 4.22. The molecular weight excluding hydrogens is 267 g/mol. The second-order valence-corrected chi connectivity index (χ2v) is 5.20. The van der Waals surface area contributed by atoms with Gasteiger partial charge in [-0.1, -0.05) is 0 Å². The van der Waals surface area contributed by atoms with E-state index in [1.54, 1.807) is 18.8 Å². The van der Waals surface area contributed by atoms with Crippen LogP contribution in [-0.2, 0) is 0 Å². The molecule has 5 nitrogen and oxygen atoms in total. The van der Waals surface area contributed by atoms with Crippen molar-refractivity contribution in [2.24, 2.45) is 5.84 Å². The lowest BCUT2D eigenvalue weighted by molar-refractivity contribution is 0.0736. The third kappa shape index (κ3) is 3.81. The largest absolute Gasteiger partial charge is 0.339 e. The predicted octanol–water partition coefficient (Wildman–Crippen LogP) is 1.72. The maximum atomic E-state index is 13.9. The molecule has 7 heteroatoms. The van der Waals surface area contributed by atoms with E-state index in [-0.39, 0.29) is 23.3 Å². The van der Waals surface area contributed by atoms with Gasteiger partial charge in [0.25, 0.3) is 5.91 Å². The molecule has 1 aromatic heterocycles. The SMILES string of the molecule is CSCCC(C)N(C)C(=O)c1ccnc(NN)c1F. The maximum absolute atomic E-state index is 13.9. The molecule has 0 saturated heterocycles. The lowest BCUT2D eigenvalue weighted by Crippen LogP contribution is -2.36.